The van der Waals surface area contributed by atoms with Crippen LogP contribution in [0.15, 0.2) is 60.2 Å². The molecular weight excluding hydrogens is 376 g/mol. The number of carbonyl (C=O) groups is 1. The molecule has 0 aliphatic rings. The molecule has 3 aromatic rings. The Labute approximate surface area is 167 Å². The van der Waals surface area contributed by atoms with Gasteiger partial charge in [-0.2, -0.15) is 10.4 Å². The topological polar surface area (TPSA) is 79.9 Å². The summed E-state index contributed by atoms with van der Waals surface area (Å²) in [5, 5.41) is 16.9. The van der Waals surface area contributed by atoms with Gasteiger partial charge in [0.1, 0.15) is 22.5 Å². The lowest BCUT2D eigenvalue weighted by atomic mass is 10.1. The second-order valence-corrected chi connectivity index (χ2v) is 6.25. The Hall–Kier alpha value is -3.56. The van der Waals surface area contributed by atoms with Crippen LogP contribution in [0.4, 0.5) is 5.69 Å². The molecule has 7 heteroatoms. The summed E-state index contributed by atoms with van der Waals surface area (Å²) < 4.78 is 6.66. The zero-order chi connectivity index (χ0) is 20.1. The van der Waals surface area contributed by atoms with Crippen LogP contribution < -0.4 is 10.1 Å². The maximum Gasteiger partial charge on any atom is 0.266 e. The second kappa shape index (κ2) is 8.42. The van der Waals surface area contributed by atoms with E-state index in [-0.39, 0.29) is 5.57 Å². The average Bonchev–Trinajstić information content (AvgIpc) is 3.01. The number of nitrogens with one attached hydrogen (secondary N) is 1. The Kier molecular flexibility index (Phi) is 5.78. The van der Waals surface area contributed by atoms with Crippen LogP contribution in [0.5, 0.6) is 5.75 Å². The van der Waals surface area contributed by atoms with Gasteiger partial charge in [-0.15, -0.1) is 0 Å². The summed E-state index contributed by atoms with van der Waals surface area (Å²) in [5.74, 6) is 0.139. The van der Waals surface area contributed by atoms with Crippen molar-refractivity contribution in [3.8, 4) is 17.5 Å². The molecular formula is C21H17ClN4O2. The first-order valence-electron chi connectivity index (χ1n) is 8.41. The van der Waals surface area contributed by atoms with Crippen LogP contribution in [0, 0.1) is 18.3 Å². The molecule has 2 aromatic carbocycles. The van der Waals surface area contributed by atoms with Gasteiger partial charge in [-0.3, -0.25) is 4.79 Å². The third-order valence-corrected chi connectivity index (χ3v) is 4.41. The maximum absolute atomic E-state index is 12.5. The van der Waals surface area contributed by atoms with Crippen LogP contribution in [-0.2, 0) is 4.79 Å². The zero-order valence-corrected chi connectivity index (χ0v) is 16.1. The van der Waals surface area contributed by atoms with Gasteiger partial charge in [0.15, 0.2) is 0 Å². The number of carbonyl (C=O) groups excluding carboxylic acids is 1. The fourth-order valence-electron chi connectivity index (χ4n) is 2.58. The SMILES string of the molecule is COc1ccc(NC(=O)/C(C#N)=C/c2c(C)nn(-c3ccccc3)c2Cl)cc1. The van der Waals surface area contributed by atoms with Crippen molar-refractivity contribution in [2.75, 3.05) is 12.4 Å². The number of amides is 1. The van der Waals surface area contributed by atoms with Crippen molar-refractivity contribution in [1.82, 2.24) is 9.78 Å². The largest absolute Gasteiger partial charge is 0.497 e. The highest BCUT2D eigenvalue weighted by Crippen LogP contribution is 2.26. The van der Waals surface area contributed by atoms with Crippen LogP contribution >= 0.6 is 11.6 Å². The summed E-state index contributed by atoms with van der Waals surface area (Å²) in [6, 6.07) is 18.1. The molecule has 28 heavy (non-hydrogen) atoms. The lowest BCUT2D eigenvalue weighted by molar-refractivity contribution is -0.112. The van der Waals surface area contributed by atoms with Gasteiger partial charge in [0.2, 0.25) is 0 Å². The van der Waals surface area contributed by atoms with Gasteiger partial charge in [-0.1, -0.05) is 29.8 Å². The highest BCUT2D eigenvalue weighted by Gasteiger charge is 2.16. The Morgan fingerprint density at radius 1 is 1.21 bits per heavy atom. The molecule has 0 unspecified atom stereocenters. The molecule has 0 radical (unpaired) electrons. The lowest BCUT2D eigenvalue weighted by Gasteiger charge is -2.06. The maximum atomic E-state index is 12.5. The Morgan fingerprint density at radius 3 is 2.50 bits per heavy atom. The Bertz CT molecular complexity index is 1060. The molecule has 0 bridgehead atoms. The Balaban J connectivity index is 1.89. The highest BCUT2D eigenvalue weighted by molar-refractivity contribution is 6.31. The lowest BCUT2D eigenvalue weighted by Crippen LogP contribution is -2.13. The first kappa shape index (κ1) is 19.2. The fourth-order valence-corrected chi connectivity index (χ4v) is 2.91. The third kappa shape index (κ3) is 4.05. The number of nitrogens with zero attached hydrogens (tertiary/aromatic N) is 3. The first-order chi connectivity index (χ1) is 13.5. The quantitative estimate of drug-likeness (QED) is 0.516. The van der Waals surface area contributed by atoms with Crippen molar-refractivity contribution < 1.29 is 9.53 Å². The molecule has 0 saturated carbocycles. The average molecular weight is 393 g/mol. The molecule has 0 saturated heterocycles. The predicted octanol–water partition coefficient (Wildman–Crippen LogP) is 4.39. The van der Waals surface area contributed by atoms with Gasteiger partial charge < -0.3 is 10.1 Å². The van der Waals surface area contributed by atoms with E-state index in [9.17, 15) is 10.1 Å². The van der Waals surface area contributed by atoms with Crippen LogP contribution in [0.3, 0.4) is 0 Å². The van der Waals surface area contributed by atoms with Crippen LogP contribution in [0.25, 0.3) is 11.8 Å². The van der Waals surface area contributed by atoms with E-state index in [0.29, 0.717) is 27.8 Å². The molecule has 0 spiro atoms. The summed E-state index contributed by atoms with van der Waals surface area (Å²) in [4.78, 5) is 12.5. The van der Waals surface area contributed by atoms with Gasteiger partial charge in [0.25, 0.3) is 5.91 Å². The fraction of sp³-hybridized carbons (Fsp3) is 0.0952. The smallest absolute Gasteiger partial charge is 0.266 e. The summed E-state index contributed by atoms with van der Waals surface area (Å²) in [6.45, 7) is 1.77. The highest BCUT2D eigenvalue weighted by atomic mass is 35.5. The second-order valence-electron chi connectivity index (χ2n) is 5.89. The van der Waals surface area contributed by atoms with Crippen LogP contribution in [0.1, 0.15) is 11.3 Å². The molecule has 3 rings (SSSR count). The van der Waals surface area contributed by atoms with E-state index in [1.165, 1.54) is 6.08 Å². The van der Waals surface area contributed by atoms with Gasteiger partial charge in [0.05, 0.1) is 18.5 Å². The number of halogens is 1. The minimum absolute atomic E-state index is 0.0755. The summed E-state index contributed by atoms with van der Waals surface area (Å²) in [7, 11) is 1.56. The number of methoxy groups -OCH3 is 1. The van der Waals surface area contributed by atoms with Gasteiger partial charge in [-0.05, 0) is 49.4 Å². The monoisotopic (exact) mass is 392 g/mol. The van der Waals surface area contributed by atoms with Crippen LogP contribution in [-0.4, -0.2) is 22.8 Å². The van der Waals surface area contributed by atoms with E-state index in [0.717, 1.165) is 5.69 Å². The molecule has 0 aliphatic carbocycles. The molecule has 0 aliphatic heterocycles. The molecule has 1 N–H and O–H groups in total. The van der Waals surface area contributed by atoms with Gasteiger partial charge in [-0.25, -0.2) is 4.68 Å². The summed E-state index contributed by atoms with van der Waals surface area (Å²) >= 11 is 6.46. The van der Waals surface area contributed by atoms with Crippen molar-refractivity contribution in [1.29, 1.82) is 5.26 Å². The standard InChI is InChI=1S/C21H17ClN4O2/c1-14-19(20(22)26(25-14)17-6-4-3-5-7-17)12-15(13-23)21(27)24-16-8-10-18(28-2)11-9-16/h3-12H,1-2H3,(H,24,27)/b15-12+. The summed E-state index contributed by atoms with van der Waals surface area (Å²) in [6.07, 6.45) is 1.45. The summed E-state index contributed by atoms with van der Waals surface area (Å²) in [5.41, 5.74) is 2.39. The van der Waals surface area contributed by atoms with Crippen molar-refractivity contribution in [3.05, 3.63) is 76.6 Å². The predicted molar refractivity (Wildman–Crippen MR) is 109 cm³/mol. The van der Waals surface area contributed by atoms with E-state index in [1.807, 2.05) is 36.4 Å². The van der Waals surface area contributed by atoms with Crippen LogP contribution in [0.2, 0.25) is 5.15 Å². The molecule has 1 amide bonds. The molecule has 0 atom stereocenters. The Morgan fingerprint density at radius 2 is 1.89 bits per heavy atom. The van der Waals surface area contributed by atoms with Crippen molar-refractivity contribution in [3.63, 3.8) is 0 Å². The molecule has 1 aromatic heterocycles. The minimum Gasteiger partial charge on any atom is -0.497 e. The number of hydrogen-bond acceptors (Lipinski definition) is 4. The zero-order valence-electron chi connectivity index (χ0n) is 15.3. The normalized spacial score (nSPS) is 11.0. The molecule has 140 valence electrons. The number of hydrogen-bond donors (Lipinski definition) is 1. The van der Waals surface area contributed by atoms with E-state index >= 15 is 0 Å². The van der Waals surface area contributed by atoms with Crippen molar-refractivity contribution >= 4 is 29.3 Å². The van der Waals surface area contributed by atoms with Gasteiger partial charge in [0, 0.05) is 11.3 Å². The van der Waals surface area contributed by atoms with E-state index < -0.39 is 5.91 Å². The molecule has 0 fully saturated rings. The number of rotatable bonds is 5. The van der Waals surface area contributed by atoms with E-state index in [2.05, 4.69) is 10.4 Å². The number of para-hydroxylation sites is 1. The number of benzene rings is 2. The van der Waals surface area contributed by atoms with Gasteiger partial charge >= 0.3 is 0 Å². The third-order valence-electron chi connectivity index (χ3n) is 4.05. The molecule has 6 nitrogen and oxygen atoms in total. The first-order valence-corrected chi connectivity index (χ1v) is 8.79. The minimum atomic E-state index is -0.532. The number of anilines is 1. The number of nitriles is 1. The molecule has 1 heterocycles. The van der Waals surface area contributed by atoms with E-state index in [4.69, 9.17) is 16.3 Å². The van der Waals surface area contributed by atoms with Crippen molar-refractivity contribution in [2.24, 2.45) is 0 Å². The van der Waals surface area contributed by atoms with E-state index in [1.54, 1.807) is 43.0 Å². The number of aromatic nitrogens is 2. The number of ether oxygens (including phenoxy) is 1. The van der Waals surface area contributed by atoms with Crippen molar-refractivity contribution in [2.45, 2.75) is 6.92 Å². The number of aryl methyl sites for hydroxylation is 1.